The molecule has 1 aliphatic rings. The van der Waals surface area contributed by atoms with E-state index in [9.17, 15) is 9.18 Å². The Morgan fingerprint density at radius 2 is 2.26 bits per heavy atom. The van der Waals surface area contributed by atoms with Crippen LogP contribution in [-0.4, -0.2) is 61.5 Å². The van der Waals surface area contributed by atoms with E-state index < -0.39 is 12.3 Å². The number of alkyl halides is 1. The summed E-state index contributed by atoms with van der Waals surface area (Å²) in [4.78, 5) is 13.7. The van der Waals surface area contributed by atoms with Crippen LogP contribution in [0.2, 0.25) is 0 Å². The van der Waals surface area contributed by atoms with Gasteiger partial charge in [-0.05, 0) is 37.4 Å². The number of hydrogen-bond donors (Lipinski definition) is 2. The number of piperidine rings is 1. The molecular formula is C17H25FN2O3. The number of halogens is 1. The van der Waals surface area contributed by atoms with E-state index >= 15 is 0 Å². The van der Waals surface area contributed by atoms with Gasteiger partial charge in [0.25, 0.3) is 0 Å². The first-order valence-corrected chi connectivity index (χ1v) is 7.97. The lowest BCUT2D eigenvalue weighted by molar-refractivity contribution is -0.123. The van der Waals surface area contributed by atoms with Crippen LogP contribution in [-0.2, 0) is 11.2 Å². The molecule has 0 bridgehead atoms. The normalized spacial score (nSPS) is 21.9. The van der Waals surface area contributed by atoms with E-state index in [4.69, 9.17) is 9.84 Å². The SMILES string of the molecule is COc1ccccc1CCNC(=O)CN1CCCC(F)(CO)C1. The second kappa shape index (κ2) is 8.26. The van der Waals surface area contributed by atoms with Crippen molar-refractivity contribution in [3.8, 4) is 5.75 Å². The third-order valence-corrected chi connectivity index (χ3v) is 4.17. The van der Waals surface area contributed by atoms with Crippen molar-refractivity contribution in [1.29, 1.82) is 0 Å². The Kier molecular flexibility index (Phi) is 6.36. The average Bonchev–Trinajstić information content (AvgIpc) is 2.55. The van der Waals surface area contributed by atoms with Gasteiger partial charge in [0.1, 0.15) is 11.4 Å². The molecule has 1 unspecified atom stereocenters. The van der Waals surface area contributed by atoms with Crippen LogP contribution in [0.1, 0.15) is 18.4 Å². The first kappa shape index (κ1) is 17.7. The number of nitrogens with zero attached hydrogens (tertiary/aromatic N) is 1. The van der Waals surface area contributed by atoms with Crippen molar-refractivity contribution in [3.05, 3.63) is 29.8 Å². The predicted octanol–water partition coefficient (Wildman–Crippen LogP) is 1.15. The summed E-state index contributed by atoms with van der Waals surface area (Å²) in [5.74, 6) is 0.685. The second-order valence-electron chi connectivity index (χ2n) is 6.04. The van der Waals surface area contributed by atoms with E-state index in [0.717, 1.165) is 11.3 Å². The lowest BCUT2D eigenvalue weighted by Gasteiger charge is -2.35. The summed E-state index contributed by atoms with van der Waals surface area (Å²) in [7, 11) is 1.62. The molecule has 0 saturated carbocycles. The van der Waals surface area contributed by atoms with Crippen molar-refractivity contribution in [2.24, 2.45) is 0 Å². The summed E-state index contributed by atoms with van der Waals surface area (Å²) in [6, 6.07) is 7.69. The molecule has 1 aromatic rings. The largest absolute Gasteiger partial charge is 0.496 e. The van der Waals surface area contributed by atoms with Gasteiger partial charge in [0.05, 0.1) is 20.3 Å². The van der Waals surface area contributed by atoms with Crippen molar-refractivity contribution >= 4 is 5.91 Å². The number of carbonyl (C=O) groups excluding carboxylic acids is 1. The highest BCUT2D eigenvalue weighted by molar-refractivity contribution is 5.78. The number of amides is 1. The van der Waals surface area contributed by atoms with Crippen molar-refractivity contribution < 1.29 is 19.0 Å². The van der Waals surface area contributed by atoms with Crippen LogP contribution in [0.5, 0.6) is 5.75 Å². The van der Waals surface area contributed by atoms with E-state index in [1.165, 1.54) is 0 Å². The Morgan fingerprint density at radius 1 is 1.48 bits per heavy atom. The maximum atomic E-state index is 14.1. The van der Waals surface area contributed by atoms with Gasteiger partial charge >= 0.3 is 0 Å². The molecule has 1 aromatic carbocycles. The Bertz CT molecular complexity index is 526. The first-order valence-electron chi connectivity index (χ1n) is 7.97. The lowest BCUT2D eigenvalue weighted by Crippen LogP contribution is -2.50. The molecule has 1 atom stereocenters. The predicted molar refractivity (Wildman–Crippen MR) is 86.3 cm³/mol. The van der Waals surface area contributed by atoms with Crippen LogP contribution in [0, 0.1) is 0 Å². The lowest BCUT2D eigenvalue weighted by atomic mass is 9.96. The van der Waals surface area contributed by atoms with Gasteiger partial charge in [-0.1, -0.05) is 18.2 Å². The first-order chi connectivity index (χ1) is 11.1. The standard InChI is InChI=1S/C17H25FN2O3/c1-23-15-6-3-2-5-14(15)7-9-19-16(22)11-20-10-4-8-17(18,12-20)13-21/h2-3,5-6,21H,4,7-13H2,1H3,(H,19,22). The minimum atomic E-state index is -1.57. The highest BCUT2D eigenvalue weighted by atomic mass is 19.1. The van der Waals surface area contributed by atoms with Crippen LogP contribution in [0.3, 0.4) is 0 Å². The Balaban J connectivity index is 1.75. The molecule has 2 rings (SSSR count). The van der Waals surface area contributed by atoms with Crippen LogP contribution >= 0.6 is 0 Å². The van der Waals surface area contributed by atoms with Crippen LogP contribution < -0.4 is 10.1 Å². The number of hydrogen-bond acceptors (Lipinski definition) is 4. The van der Waals surface area contributed by atoms with Crippen molar-refractivity contribution in [2.45, 2.75) is 24.9 Å². The molecule has 23 heavy (non-hydrogen) atoms. The fourth-order valence-electron chi connectivity index (χ4n) is 2.95. The van der Waals surface area contributed by atoms with Gasteiger partial charge in [-0.3, -0.25) is 9.69 Å². The third-order valence-electron chi connectivity index (χ3n) is 4.17. The average molecular weight is 324 g/mol. The summed E-state index contributed by atoms with van der Waals surface area (Å²) < 4.78 is 19.4. The number of nitrogens with one attached hydrogen (secondary N) is 1. The molecule has 0 aliphatic carbocycles. The van der Waals surface area contributed by atoms with E-state index in [0.29, 0.717) is 32.4 Å². The van der Waals surface area contributed by atoms with E-state index in [2.05, 4.69) is 5.32 Å². The molecular weight excluding hydrogens is 299 g/mol. The van der Waals surface area contributed by atoms with Gasteiger partial charge in [0, 0.05) is 13.1 Å². The number of ether oxygens (including phenoxy) is 1. The van der Waals surface area contributed by atoms with Crippen molar-refractivity contribution in [2.75, 3.05) is 39.9 Å². The maximum absolute atomic E-state index is 14.1. The number of para-hydroxylation sites is 1. The van der Waals surface area contributed by atoms with Gasteiger partial charge in [-0.15, -0.1) is 0 Å². The molecule has 1 amide bonds. The molecule has 0 aromatic heterocycles. The maximum Gasteiger partial charge on any atom is 0.234 e. The van der Waals surface area contributed by atoms with E-state index in [-0.39, 0.29) is 19.0 Å². The van der Waals surface area contributed by atoms with Crippen LogP contribution in [0.4, 0.5) is 4.39 Å². The Hall–Kier alpha value is -1.66. The Labute approximate surface area is 136 Å². The number of aliphatic hydroxyl groups excluding tert-OH is 1. The van der Waals surface area contributed by atoms with Crippen molar-refractivity contribution in [3.63, 3.8) is 0 Å². The topological polar surface area (TPSA) is 61.8 Å². The molecule has 2 N–H and O–H groups in total. The quantitative estimate of drug-likeness (QED) is 0.790. The smallest absolute Gasteiger partial charge is 0.234 e. The number of aliphatic hydroxyl groups is 1. The Morgan fingerprint density at radius 3 is 3.00 bits per heavy atom. The van der Waals surface area contributed by atoms with Gasteiger partial charge in [-0.25, -0.2) is 4.39 Å². The zero-order valence-electron chi connectivity index (χ0n) is 13.6. The minimum absolute atomic E-state index is 0.115. The fourth-order valence-corrected chi connectivity index (χ4v) is 2.95. The number of rotatable bonds is 7. The number of likely N-dealkylation sites (tertiary alicyclic amines) is 1. The number of methoxy groups -OCH3 is 1. The van der Waals surface area contributed by atoms with Gasteiger partial charge in [0.2, 0.25) is 5.91 Å². The van der Waals surface area contributed by atoms with Crippen LogP contribution in [0.25, 0.3) is 0 Å². The van der Waals surface area contributed by atoms with E-state index in [1.807, 2.05) is 24.3 Å². The fraction of sp³-hybridized carbons (Fsp3) is 0.588. The third kappa shape index (κ3) is 5.18. The number of benzene rings is 1. The number of carbonyl (C=O) groups is 1. The zero-order chi connectivity index (χ0) is 16.7. The second-order valence-corrected chi connectivity index (χ2v) is 6.04. The van der Waals surface area contributed by atoms with Gasteiger partial charge < -0.3 is 15.2 Å². The van der Waals surface area contributed by atoms with Crippen LogP contribution in [0.15, 0.2) is 24.3 Å². The van der Waals surface area contributed by atoms with Gasteiger partial charge in [0.15, 0.2) is 0 Å². The summed E-state index contributed by atoms with van der Waals surface area (Å²) in [5.41, 5.74) is -0.535. The summed E-state index contributed by atoms with van der Waals surface area (Å²) in [5, 5.41) is 12.0. The monoisotopic (exact) mass is 324 g/mol. The molecule has 1 aliphatic heterocycles. The summed E-state index contributed by atoms with van der Waals surface area (Å²) >= 11 is 0. The van der Waals surface area contributed by atoms with Gasteiger partial charge in [-0.2, -0.15) is 0 Å². The highest BCUT2D eigenvalue weighted by Gasteiger charge is 2.35. The molecule has 0 spiro atoms. The zero-order valence-corrected chi connectivity index (χ0v) is 13.6. The molecule has 5 nitrogen and oxygen atoms in total. The van der Waals surface area contributed by atoms with Crippen molar-refractivity contribution in [1.82, 2.24) is 10.2 Å². The van der Waals surface area contributed by atoms with E-state index in [1.54, 1.807) is 12.0 Å². The summed E-state index contributed by atoms with van der Waals surface area (Å²) in [6.45, 7) is 0.985. The molecule has 1 fully saturated rings. The molecule has 1 heterocycles. The molecule has 128 valence electrons. The summed E-state index contributed by atoms with van der Waals surface area (Å²) in [6.07, 6.45) is 1.69. The molecule has 1 saturated heterocycles. The minimum Gasteiger partial charge on any atom is -0.496 e. The highest BCUT2D eigenvalue weighted by Crippen LogP contribution is 2.24. The molecule has 6 heteroatoms. The molecule has 0 radical (unpaired) electrons.